The van der Waals surface area contributed by atoms with Crippen LogP contribution in [0.5, 0.6) is 0 Å². The fourth-order valence-corrected chi connectivity index (χ4v) is 3.38. The number of nitrogens with one attached hydrogen (secondary N) is 1. The SMILES string of the molecule is CCc1cc(=O)n2nc(NCc3cn4cccc(C)c4n3)sc2n1. The molecule has 0 atom stereocenters. The molecule has 4 aromatic heterocycles. The zero-order chi connectivity index (χ0) is 16.7. The number of hydrogen-bond acceptors (Lipinski definition) is 6. The number of anilines is 1. The van der Waals surface area contributed by atoms with Crippen LogP contribution in [0.4, 0.5) is 5.13 Å². The second-order valence-corrected chi connectivity index (χ2v) is 6.50. The summed E-state index contributed by atoms with van der Waals surface area (Å²) in [6.45, 7) is 4.55. The molecule has 0 aromatic carbocycles. The molecule has 0 aliphatic heterocycles. The van der Waals surface area contributed by atoms with E-state index in [-0.39, 0.29) is 5.56 Å². The van der Waals surface area contributed by atoms with Gasteiger partial charge in [0.25, 0.3) is 5.56 Å². The first-order valence-corrected chi connectivity index (χ1v) is 8.52. The largest absolute Gasteiger partial charge is 0.354 e. The average molecular weight is 340 g/mol. The van der Waals surface area contributed by atoms with E-state index < -0.39 is 0 Å². The van der Waals surface area contributed by atoms with Gasteiger partial charge in [0.15, 0.2) is 0 Å². The highest BCUT2D eigenvalue weighted by Crippen LogP contribution is 2.18. The Morgan fingerprint density at radius 3 is 2.96 bits per heavy atom. The minimum atomic E-state index is -0.149. The molecule has 7 nitrogen and oxygen atoms in total. The van der Waals surface area contributed by atoms with Gasteiger partial charge in [-0.05, 0) is 25.0 Å². The maximum absolute atomic E-state index is 12.0. The minimum Gasteiger partial charge on any atom is -0.354 e. The highest BCUT2D eigenvalue weighted by atomic mass is 32.1. The van der Waals surface area contributed by atoms with Crippen molar-refractivity contribution < 1.29 is 0 Å². The molecule has 0 spiro atoms. The second-order valence-electron chi connectivity index (χ2n) is 5.55. The van der Waals surface area contributed by atoms with Gasteiger partial charge >= 0.3 is 0 Å². The van der Waals surface area contributed by atoms with Gasteiger partial charge in [0.05, 0.1) is 12.2 Å². The van der Waals surface area contributed by atoms with E-state index in [4.69, 9.17) is 0 Å². The van der Waals surface area contributed by atoms with Gasteiger partial charge in [-0.15, -0.1) is 5.10 Å². The Kier molecular flexibility index (Phi) is 3.53. The summed E-state index contributed by atoms with van der Waals surface area (Å²) in [7, 11) is 0. The third-order valence-electron chi connectivity index (χ3n) is 3.81. The van der Waals surface area contributed by atoms with Crippen LogP contribution in [0.2, 0.25) is 0 Å². The summed E-state index contributed by atoms with van der Waals surface area (Å²) in [6, 6.07) is 5.57. The Morgan fingerprint density at radius 1 is 1.29 bits per heavy atom. The monoisotopic (exact) mass is 340 g/mol. The van der Waals surface area contributed by atoms with Crippen LogP contribution >= 0.6 is 11.3 Å². The summed E-state index contributed by atoms with van der Waals surface area (Å²) < 4.78 is 3.34. The highest BCUT2D eigenvalue weighted by molar-refractivity contribution is 7.20. The summed E-state index contributed by atoms with van der Waals surface area (Å²) in [5.74, 6) is 0. The highest BCUT2D eigenvalue weighted by Gasteiger charge is 2.09. The van der Waals surface area contributed by atoms with Crippen molar-refractivity contribution in [2.45, 2.75) is 26.8 Å². The van der Waals surface area contributed by atoms with Gasteiger partial charge in [-0.1, -0.05) is 24.3 Å². The van der Waals surface area contributed by atoms with E-state index in [9.17, 15) is 4.79 Å². The van der Waals surface area contributed by atoms with Crippen molar-refractivity contribution in [2.75, 3.05) is 5.32 Å². The standard InChI is InChI=1S/C16H16N6OS/c1-3-11-7-13(23)22-16(19-11)24-15(20-22)17-8-12-9-21-6-4-5-10(2)14(21)18-12/h4-7,9H,3,8H2,1-2H3,(H,17,20). The maximum atomic E-state index is 12.0. The van der Waals surface area contributed by atoms with Crippen LogP contribution < -0.4 is 10.9 Å². The van der Waals surface area contributed by atoms with E-state index in [1.807, 2.05) is 42.8 Å². The van der Waals surface area contributed by atoms with Crippen molar-refractivity contribution in [3.05, 3.63) is 57.9 Å². The molecule has 8 heteroatoms. The Morgan fingerprint density at radius 2 is 2.17 bits per heavy atom. The lowest BCUT2D eigenvalue weighted by Crippen LogP contribution is -2.15. The molecule has 0 unspecified atom stereocenters. The van der Waals surface area contributed by atoms with E-state index in [1.165, 1.54) is 21.9 Å². The molecule has 0 saturated heterocycles. The first-order chi connectivity index (χ1) is 11.6. The molecular weight excluding hydrogens is 324 g/mol. The van der Waals surface area contributed by atoms with Crippen molar-refractivity contribution >= 4 is 27.1 Å². The molecule has 1 N–H and O–H groups in total. The fourth-order valence-electron chi connectivity index (χ4n) is 2.56. The summed E-state index contributed by atoms with van der Waals surface area (Å²) >= 11 is 1.37. The van der Waals surface area contributed by atoms with Gasteiger partial charge < -0.3 is 9.72 Å². The number of pyridine rings is 1. The van der Waals surface area contributed by atoms with E-state index in [1.54, 1.807) is 0 Å². The van der Waals surface area contributed by atoms with Crippen molar-refractivity contribution in [1.82, 2.24) is 24.0 Å². The number of hydrogen-bond donors (Lipinski definition) is 1. The molecule has 24 heavy (non-hydrogen) atoms. The van der Waals surface area contributed by atoms with Gasteiger partial charge in [0.1, 0.15) is 5.65 Å². The number of imidazole rings is 1. The average Bonchev–Trinajstić information content (AvgIpc) is 3.17. The molecule has 4 aromatic rings. The Balaban J connectivity index is 1.60. The number of rotatable bonds is 4. The molecular formula is C16H16N6OS. The zero-order valence-electron chi connectivity index (χ0n) is 13.4. The zero-order valence-corrected chi connectivity index (χ0v) is 14.2. The third kappa shape index (κ3) is 2.54. The van der Waals surface area contributed by atoms with E-state index in [0.29, 0.717) is 16.6 Å². The fraction of sp³-hybridized carbons (Fsp3) is 0.250. The maximum Gasteiger partial charge on any atom is 0.275 e. The van der Waals surface area contributed by atoms with Crippen LogP contribution in [0.3, 0.4) is 0 Å². The van der Waals surface area contributed by atoms with Crippen LogP contribution in [0.25, 0.3) is 10.6 Å². The second kappa shape index (κ2) is 5.72. The normalized spacial score (nSPS) is 11.4. The van der Waals surface area contributed by atoms with Crippen LogP contribution in [0.15, 0.2) is 35.4 Å². The molecule has 122 valence electrons. The third-order valence-corrected chi connectivity index (χ3v) is 4.67. The van der Waals surface area contributed by atoms with Crippen LogP contribution in [-0.2, 0) is 13.0 Å². The molecule has 0 saturated carbocycles. The quantitative estimate of drug-likeness (QED) is 0.617. The molecule has 0 radical (unpaired) electrons. The minimum absolute atomic E-state index is 0.149. The lowest BCUT2D eigenvalue weighted by atomic mass is 10.3. The number of fused-ring (bicyclic) bond motifs is 2. The van der Waals surface area contributed by atoms with Gasteiger partial charge in [-0.3, -0.25) is 4.79 Å². The van der Waals surface area contributed by atoms with Crippen LogP contribution in [0, 0.1) is 6.92 Å². The first kappa shape index (κ1) is 14.8. The summed E-state index contributed by atoms with van der Waals surface area (Å²) in [5.41, 5.74) is 3.63. The number of aromatic nitrogens is 5. The van der Waals surface area contributed by atoms with Gasteiger partial charge in [0.2, 0.25) is 10.1 Å². The van der Waals surface area contributed by atoms with Gasteiger partial charge in [-0.2, -0.15) is 4.52 Å². The molecule has 0 amide bonds. The van der Waals surface area contributed by atoms with Crippen molar-refractivity contribution in [1.29, 1.82) is 0 Å². The molecule has 4 rings (SSSR count). The lowest BCUT2D eigenvalue weighted by Gasteiger charge is -1.96. The van der Waals surface area contributed by atoms with Crippen LogP contribution in [-0.4, -0.2) is 24.0 Å². The Labute approximate surface area is 141 Å². The summed E-state index contributed by atoms with van der Waals surface area (Å²) in [4.78, 5) is 21.7. The van der Waals surface area contributed by atoms with Crippen molar-refractivity contribution in [3.63, 3.8) is 0 Å². The summed E-state index contributed by atoms with van der Waals surface area (Å²) in [5, 5.41) is 8.17. The molecule has 0 bridgehead atoms. The Hall–Kier alpha value is -2.74. The molecule has 0 aliphatic carbocycles. The molecule has 0 fully saturated rings. The first-order valence-electron chi connectivity index (χ1n) is 7.71. The number of nitrogens with zero attached hydrogens (tertiary/aromatic N) is 5. The van der Waals surface area contributed by atoms with E-state index in [0.717, 1.165) is 29.0 Å². The van der Waals surface area contributed by atoms with E-state index >= 15 is 0 Å². The predicted octanol–water partition coefficient (Wildman–Crippen LogP) is 2.28. The molecule has 0 aliphatic rings. The van der Waals surface area contributed by atoms with Crippen LogP contribution in [0.1, 0.15) is 23.9 Å². The van der Waals surface area contributed by atoms with Gasteiger partial charge in [-0.25, -0.2) is 9.97 Å². The van der Waals surface area contributed by atoms with Gasteiger partial charge in [0, 0.05) is 24.2 Å². The summed E-state index contributed by atoms with van der Waals surface area (Å²) in [6.07, 6.45) is 4.70. The molecule has 4 heterocycles. The topological polar surface area (TPSA) is 76.6 Å². The van der Waals surface area contributed by atoms with Crippen molar-refractivity contribution in [2.24, 2.45) is 0 Å². The van der Waals surface area contributed by atoms with E-state index in [2.05, 4.69) is 20.4 Å². The predicted molar refractivity (Wildman–Crippen MR) is 93.8 cm³/mol. The number of aryl methyl sites for hydroxylation is 2. The lowest BCUT2D eigenvalue weighted by molar-refractivity contribution is 0.873. The smallest absolute Gasteiger partial charge is 0.275 e. The van der Waals surface area contributed by atoms with Crippen molar-refractivity contribution in [3.8, 4) is 0 Å². The Bertz CT molecular complexity index is 1090.